The first-order valence-electron chi connectivity index (χ1n) is 4.96. The number of nitrogens with two attached hydrogens (primary N) is 1. The number of amides is 1. The number of anilines is 1. The highest BCUT2D eigenvalue weighted by Gasteiger charge is 2.06. The molecule has 0 saturated carbocycles. The Morgan fingerprint density at radius 1 is 1.56 bits per heavy atom. The summed E-state index contributed by atoms with van der Waals surface area (Å²) in [5.41, 5.74) is 6.23. The normalized spacial score (nSPS) is 10.2. The third-order valence-electron chi connectivity index (χ3n) is 1.78. The summed E-state index contributed by atoms with van der Waals surface area (Å²) in [6.45, 7) is 3.77. The van der Waals surface area contributed by atoms with Gasteiger partial charge in [0.05, 0.1) is 5.69 Å². The highest BCUT2D eigenvalue weighted by molar-refractivity contribution is 9.10. The molecule has 16 heavy (non-hydrogen) atoms. The summed E-state index contributed by atoms with van der Waals surface area (Å²) < 4.78 is 6.18. The lowest BCUT2D eigenvalue weighted by Gasteiger charge is -2.11. The van der Waals surface area contributed by atoms with Crippen LogP contribution in [0.2, 0.25) is 0 Å². The van der Waals surface area contributed by atoms with Crippen LogP contribution < -0.4 is 15.8 Å². The number of carbonyl (C=O) groups is 1. The van der Waals surface area contributed by atoms with Crippen LogP contribution in [0.4, 0.5) is 5.69 Å². The van der Waals surface area contributed by atoms with E-state index < -0.39 is 0 Å². The average Bonchev–Trinajstić information content (AvgIpc) is 2.15. The molecule has 0 radical (unpaired) electrons. The molecule has 3 N–H and O–H groups in total. The van der Waals surface area contributed by atoms with Crippen LogP contribution in [0.25, 0.3) is 0 Å². The minimum Gasteiger partial charge on any atom is -0.482 e. The quantitative estimate of drug-likeness (QED) is 0.832. The lowest BCUT2D eigenvalue weighted by molar-refractivity contribution is -0.123. The predicted octanol–water partition coefficient (Wildman–Crippen LogP) is 1.93. The van der Waals surface area contributed by atoms with Gasteiger partial charge >= 0.3 is 0 Å². The minimum atomic E-state index is -0.155. The third-order valence-corrected chi connectivity index (χ3v) is 2.27. The molecule has 0 atom stereocenters. The predicted molar refractivity (Wildman–Crippen MR) is 67.3 cm³/mol. The lowest BCUT2D eigenvalue weighted by Crippen LogP contribution is -2.34. The maximum atomic E-state index is 11.3. The van der Waals surface area contributed by atoms with Gasteiger partial charge < -0.3 is 15.8 Å². The average molecular weight is 287 g/mol. The molecule has 0 heterocycles. The second kappa shape index (κ2) is 5.75. The number of nitrogens with one attached hydrogen (secondary N) is 1. The van der Waals surface area contributed by atoms with Crippen molar-refractivity contribution in [3.05, 3.63) is 22.7 Å². The van der Waals surface area contributed by atoms with Crippen molar-refractivity contribution in [1.82, 2.24) is 5.32 Å². The Balaban J connectivity index is 2.51. The molecule has 0 aliphatic heterocycles. The van der Waals surface area contributed by atoms with Crippen molar-refractivity contribution in [2.45, 2.75) is 19.9 Å². The number of halogens is 1. The Kier molecular flexibility index (Phi) is 4.61. The van der Waals surface area contributed by atoms with E-state index in [1.165, 1.54) is 0 Å². The molecule has 1 rings (SSSR count). The fraction of sp³-hybridized carbons (Fsp3) is 0.364. The zero-order chi connectivity index (χ0) is 12.1. The largest absolute Gasteiger partial charge is 0.482 e. The highest BCUT2D eigenvalue weighted by Crippen LogP contribution is 2.24. The van der Waals surface area contributed by atoms with Crippen molar-refractivity contribution in [3.63, 3.8) is 0 Å². The monoisotopic (exact) mass is 286 g/mol. The van der Waals surface area contributed by atoms with E-state index in [9.17, 15) is 4.79 Å². The molecule has 1 amide bonds. The van der Waals surface area contributed by atoms with E-state index in [0.29, 0.717) is 11.4 Å². The third kappa shape index (κ3) is 4.10. The number of nitrogen functional groups attached to an aromatic ring is 1. The molecule has 1 aromatic rings. The topological polar surface area (TPSA) is 64.3 Å². The molecule has 1 aromatic carbocycles. The zero-order valence-electron chi connectivity index (χ0n) is 9.29. The number of carbonyl (C=O) groups excluding carboxylic acids is 1. The fourth-order valence-corrected chi connectivity index (χ4v) is 1.54. The van der Waals surface area contributed by atoms with E-state index in [2.05, 4.69) is 21.2 Å². The molecule has 0 aliphatic carbocycles. The Morgan fingerprint density at radius 3 is 2.81 bits per heavy atom. The van der Waals surface area contributed by atoms with Crippen LogP contribution in [0.1, 0.15) is 13.8 Å². The maximum absolute atomic E-state index is 11.3. The first kappa shape index (κ1) is 12.8. The SMILES string of the molecule is CC(C)NC(=O)COc1ccc(Br)cc1N. The van der Waals surface area contributed by atoms with Gasteiger partial charge in [-0.2, -0.15) is 0 Å². The van der Waals surface area contributed by atoms with Crippen molar-refractivity contribution in [2.75, 3.05) is 12.3 Å². The smallest absolute Gasteiger partial charge is 0.258 e. The van der Waals surface area contributed by atoms with Crippen molar-refractivity contribution < 1.29 is 9.53 Å². The molecule has 0 bridgehead atoms. The minimum absolute atomic E-state index is 0.0238. The van der Waals surface area contributed by atoms with Crippen molar-refractivity contribution in [3.8, 4) is 5.75 Å². The van der Waals surface area contributed by atoms with E-state index in [-0.39, 0.29) is 18.6 Å². The molecule has 4 nitrogen and oxygen atoms in total. The number of ether oxygens (including phenoxy) is 1. The first-order chi connectivity index (χ1) is 7.49. The standard InChI is InChI=1S/C11H15BrN2O2/c1-7(2)14-11(15)6-16-10-4-3-8(12)5-9(10)13/h3-5,7H,6,13H2,1-2H3,(H,14,15). The van der Waals surface area contributed by atoms with Gasteiger partial charge in [0, 0.05) is 10.5 Å². The molecule has 88 valence electrons. The fourth-order valence-electron chi connectivity index (χ4n) is 1.16. The van der Waals surface area contributed by atoms with Crippen molar-refractivity contribution in [1.29, 1.82) is 0 Å². The second-order valence-corrected chi connectivity index (χ2v) is 4.61. The molecule has 0 unspecified atom stereocenters. The molecule has 0 spiro atoms. The van der Waals surface area contributed by atoms with Gasteiger partial charge in [0.2, 0.25) is 0 Å². The lowest BCUT2D eigenvalue weighted by atomic mass is 10.3. The summed E-state index contributed by atoms with van der Waals surface area (Å²) in [6, 6.07) is 5.38. The molecular formula is C11H15BrN2O2. The Bertz CT molecular complexity index is 380. The van der Waals surface area contributed by atoms with E-state index in [0.717, 1.165) is 4.47 Å². The molecule has 0 aliphatic rings. The summed E-state index contributed by atoms with van der Waals surface area (Å²) in [6.07, 6.45) is 0. The van der Waals surface area contributed by atoms with Crippen LogP contribution >= 0.6 is 15.9 Å². The number of hydrogen-bond acceptors (Lipinski definition) is 3. The molecule has 5 heteroatoms. The van der Waals surface area contributed by atoms with Crippen LogP contribution in [0, 0.1) is 0 Å². The summed E-state index contributed by atoms with van der Waals surface area (Å²) in [7, 11) is 0. The van der Waals surface area contributed by atoms with E-state index in [1.807, 2.05) is 19.9 Å². The second-order valence-electron chi connectivity index (χ2n) is 3.69. The Labute approximate surface area is 103 Å². The Hall–Kier alpha value is -1.23. The van der Waals surface area contributed by atoms with Gasteiger partial charge in [-0.05, 0) is 32.0 Å². The number of benzene rings is 1. The van der Waals surface area contributed by atoms with E-state index in [1.54, 1.807) is 12.1 Å². The molecule has 0 fully saturated rings. The van der Waals surface area contributed by atoms with Crippen LogP contribution in [0.5, 0.6) is 5.75 Å². The van der Waals surface area contributed by atoms with Gasteiger partial charge in [-0.1, -0.05) is 15.9 Å². The van der Waals surface area contributed by atoms with E-state index >= 15 is 0 Å². The van der Waals surface area contributed by atoms with Crippen molar-refractivity contribution >= 4 is 27.5 Å². The summed E-state index contributed by atoms with van der Waals surface area (Å²) in [5, 5.41) is 2.73. The first-order valence-corrected chi connectivity index (χ1v) is 5.75. The molecular weight excluding hydrogens is 272 g/mol. The van der Waals surface area contributed by atoms with Gasteiger partial charge in [0.25, 0.3) is 5.91 Å². The molecule has 0 aromatic heterocycles. The van der Waals surface area contributed by atoms with Crippen LogP contribution in [0.3, 0.4) is 0 Å². The zero-order valence-corrected chi connectivity index (χ0v) is 10.9. The van der Waals surface area contributed by atoms with Crippen LogP contribution in [-0.4, -0.2) is 18.6 Å². The van der Waals surface area contributed by atoms with Crippen LogP contribution in [0.15, 0.2) is 22.7 Å². The van der Waals surface area contributed by atoms with Gasteiger partial charge in [-0.3, -0.25) is 4.79 Å². The van der Waals surface area contributed by atoms with Crippen LogP contribution in [-0.2, 0) is 4.79 Å². The Morgan fingerprint density at radius 2 is 2.25 bits per heavy atom. The van der Waals surface area contributed by atoms with Crippen molar-refractivity contribution in [2.24, 2.45) is 0 Å². The summed E-state index contributed by atoms with van der Waals surface area (Å²) in [5.74, 6) is 0.361. The van der Waals surface area contributed by atoms with Gasteiger partial charge in [0.1, 0.15) is 5.75 Å². The summed E-state index contributed by atoms with van der Waals surface area (Å²) in [4.78, 5) is 11.3. The van der Waals surface area contributed by atoms with Gasteiger partial charge in [-0.15, -0.1) is 0 Å². The summed E-state index contributed by atoms with van der Waals surface area (Å²) >= 11 is 3.29. The van der Waals surface area contributed by atoms with Gasteiger partial charge in [0.15, 0.2) is 6.61 Å². The highest BCUT2D eigenvalue weighted by atomic mass is 79.9. The van der Waals surface area contributed by atoms with E-state index in [4.69, 9.17) is 10.5 Å². The number of hydrogen-bond donors (Lipinski definition) is 2. The number of rotatable bonds is 4. The molecule has 0 saturated heterocycles. The maximum Gasteiger partial charge on any atom is 0.258 e. The van der Waals surface area contributed by atoms with Gasteiger partial charge in [-0.25, -0.2) is 0 Å².